The summed E-state index contributed by atoms with van der Waals surface area (Å²) >= 11 is 0. The number of carbonyl (C=O) groups is 1. The van der Waals surface area contributed by atoms with Gasteiger partial charge in [0.05, 0.1) is 17.0 Å². The molecule has 2 rings (SSSR count). The number of sulfonamides is 2. The average molecular weight is 502 g/mol. The van der Waals surface area contributed by atoms with Crippen LogP contribution in [0.2, 0.25) is 0 Å². The van der Waals surface area contributed by atoms with Gasteiger partial charge in [0.25, 0.3) is 11.4 Å². The lowest BCUT2D eigenvalue weighted by Crippen LogP contribution is -2.54. The van der Waals surface area contributed by atoms with Gasteiger partial charge in [0.2, 0.25) is 20.0 Å². The largest absolute Gasteiger partial charge is 0.468 e. The molecule has 0 aliphatic heterocycles. The Morgan fingerprint density at radius 1 is 0.848 bits per heavy atom. The molecule has 0 heterocycles. The van der Waals surface area contributed by atoms with E-state index >= 15 is 0 Å². The third-order valence-corrected chi connectivity index (χ3v) is 7.38. The van der Waals surface area contributed by atoms with Gasteiger partial charge in [-0.25, -0.2) is 21.6 Å². The quantitative estimate of drug-likeness (QED) is 0.264. The Kier molecular flexibility index (Phi) is 7.80. The van der Waals surface area contributed by atoms with Crippen LogP contribution in [-0.2, 0) is 29.6 Å². The van der Waals surface area contributed by atoms with Crippen LogP contribution < -0.4 is 9.44 Å². The maximum Gasteiger partial charge on any atom is 0.325 e. The molecule has 0 unspecified atom stereocenters. The number of nitrogens with zero attached hydrogens (tertiary/aromatic N) is 2. The van der Waals surface area contributed by atoms with Crippen LogP contribution in [0.15, 0.2) is 58.3 Å². The van der Waals surface area contributed by atoms with Gasteiger partial charge in [-0.15, -0.1) is 0 Å². The van der Waals surface area contributed by atoms with Crippen molar-refractivity contribution >= 4 is 37.4 Å². The Labute approximate surface area is 188 Å². The first kappa shape index (κ1) is 25.8. The SMILES string of the molecule is COC(=O)[C@H](NS(=O)(=O)c1ccccc1[N+](=O)[O-])[C@@H](C)NS(=O)(=O)c1ccccc1[N+](=O)[O-]. The normalized spacial score (nSPS) is 13.6. The molecular weight excluding hydrogens is 484 g/mol. The summed E-state index contributed by atoms with van der Waals surface area (Å²) in [5.74, 6) is -1.21. The smallest absolute Gasteiger partial charge is 0.325 e. The molecule has 14 nitrogen and oxygen atoms in total. The summed E-state index contributed by atoms with van der Waals surface area (Å²) in [6.45, 7) is 1.11. The van der Waals surface area contributed by atoms with E-state index in [1.807, 2.05) is 9.44 Å². The Balaban J connectivity index is 2.43. The monoisotopic (exact) mass is 502 g/mol. The molecule has 0 radical (unpaired) electrons. The minimum Gasteiger partial charge on any atom is -0.468 e. The highest BCUT2D eigenvalue weighted by atomic mass is 32.2. The van der Waals surface area contributed by atoms with E-state index in [1.54, 1.807) is 0 Å². The molecular formula is C17H18N4O10S2. The van der Waals surface area contributed by atoms with Crippen molar-refractivity contribution in [2.24, 2.45) is 0 Å². The summed E-state index contributed by atoms with van der Waals surface area (Å²) in [5, 5.41) is 22.4. The van der Waals surface area contributed by atoms with E-state index in [4.69, 9.17) is 0 Å². The topological polar surface area (TPSA) is 205 Å². The van der Waals surface area contributed by atoms with Gasteiger partial charge in [0.1, 0.15) is 6.04 Å². The molecule has 16 heteroatoms. The molecule has 0 aliphatic carbocycles. The van der Waals surface area contributed by atoms with Crippen molar-refractivity contribution in [3.8, 4) is 0 Å². The summed E-state index contributed by atoms with van der Waals surface area (Å²) in [4.78, 5) is 31.3. The molecule has 0 aliphatic rings. The number of carbonyl (C=O) groups excluding carboxylic acids is 1. The second-order valence-electron chi connectivity index (χ2n) is 6.48. The number of nitro groups is 2. The molecule has 0 saturated carbocycles. The molecule has 2 aromatic carbocycles. The molecule has 2 aromatic rings. The van der Waals surface area contributed by atoms with Crippen molar-refractivity contribution in [1.82, 2.24) is 9.44 Å². The number of hydrogen-bond donors (Lipinski definition) is 2. The van der Waals surface area contributed by atoms with Crippen LogP contribution in [0.1, 0.15) is 6.92 Å². The van der Waals surface area contributed by atoms with Gasteiger partial charge in [-0.2, -0.15) is 4.72 Å². The van der Waals surface area contributed by atoms with Crippen LogP contribution in [0, 0.1) is 20.2 Å². The van der Waals surface area contributed by atoms with Gasteiger partial charge in [0.15, 0.2) is 9.79 Å². The summed E-state index contributed by atoms with van der Waals surface area (Å²) in [7, 11) is -8.40. The van der Waals surface area contributed by atoms with Gasteiger partial charge >= 0.3 is 5.97 Å². The number of benzene rings is 2. The van der Waals surface area contributed by atoms with Crippen molar-refractivity contribution < 1.29 is 36.2 Å². The molecule has 2 atom stereocenters. The van der Waals surface area contributed by atoms with Crippen molar-refractivity contribution in [2.75, 3.05) is 7.11 Å². The van der Waals surface area contributed by atoms with E-state index in [0.29, 0.717) is 0 Å². The highest BCUT2D eigenvalue weighted by Gasteiger charge is 2.37. The molecule has 0 fully saturated rings. The van der Waals surface area contributed by atoms with E-state index < -0.39 is 69.1 Å². The van der Waals surface area contributed by atoms with Gasteiger partial charge in [-0.05, 0) is 19.1 Å². The van der Waals surface area contributed by atoms with Gasteiger partial charge in [-0.3, -0.25) is 25.0 Å². The number of nitrogens with one attached hydrogen (secondary N) is 2. The number of esters is 1. The van der Waals surface area contributed by atoms with Crippen molar-refractivity contribution in [3.05, 3.63) is 68.8 Å². The number of ether oxygens (including phenoxy) is 1. The summed E-state index contributed by atoms with van der Waals surface area (Å²) in [6, 6.07) is 5.30. The number of para-hydroxylation sites is 2. The lowest BCUT2D eigenvalue weighted by molar-refractivity contribution is -0.388. The first-order chi connectivity index (χ1) is 15.3. The predicted octanol–water partition coefficient (Wildman–Crippen LogP) is 0.690. The molecule has 0 bridgehead atoms. The zero-order chi connectivity index (χ0) is 25.0. The summed E-state index contributed by atoms with van der Waals surface area (Å²) in [5.41, 5.74) is -1.52. The van der Waals surface area contributed by atoms with E-state index in [9.17, 15) is 41.9 Å². The maximum atomic E-state index is 12.8. The van der Waals surface area contributed by atoms with Crippen LogP contribution in [0.25, 0.3) is 0 Å². The first-order valence-electron chi connectivity index (χ1n) is 8.91. The molecule has 2 N–H and O–H groups in total. The van der Waals surface area contributed by atoms with Gasteiger partial charge in [-0.1, -0.05) is 24.3 Å². The molecule has 178 valence electrons. The third-order valence-electron chi connectivity index (χ3n) is 4.28. The minimum atomic E-state index is -4.71. The fraction of sp³-hybridized carbons (Fsp3) is 0.235. The molecule has 0 saturated heterocycles. The first-order valence-corrected chi connectivity index (χ1v) is 11.9. The Morgan fingerprint density at radius 2 is 1.24 bits per heavy atom. The zero-order valence-corrected chi connectivity index (χ0v) is 18.7. The maximum absolute atomic E-state index is 12.8. The lowest BCUT2D eigenvalue weighted by atomic mass is 10.2. The zero-order valence-electron chi connectivity index (χ0n) is 17.1. The fourth-order valence-electron chi connectivity index (χ4n) is 2.76. The number of nitro benzene ring substituents is 2. The van der Waals surface area contributed by atoms with Crippen molar-refractivity contribution in [3.63, 3.8) is 0 Å². The highest BCUT2D eigenvalue weighted by Crippen LogP contribution is 2.25. The Morgan fingerprint density at radius 3 is 1.64 bits per heavy atom. The molecule has 33 heavy (non-hydrogen) atoms. The minimum absolute atomic E-state index is 0.716. The van der Waals surface area contributed by atoms with Crippen LogP contribution in [0.5, 0.6) is 0 Å². The lowest BCUT2D eigenvalue weighted by Gasteiger charge is -2.23. The van der Waals surface area contributed by atoms with Crippen LogP contribution >= 0.6 is 0 Å². The van der Waals surface area contributed by atoms with Crippen molar-refractivity contribution in [1.29, 1.82) is 0 Å². The van der Waals surface area contributed by atoms with Crippen LogP contribution in [0.3, 0.4) is 0 Å². The summed E-state index contributed by atoms with van der Waals surface area (Å²) < 4.78 is 59.5. The van der Waals surface area contributed by atoms with Gasteiger partial charge in [0, 0.05) is 18.2 Å². The third kappa shape index (κ3) is 5.86. The molecule has 0 amide bonds. The second kappa shape index (κ2) is 9.99. The number of methoxy groups -OCH3 is 1. The number of hydrogen-bond acceptors (Lipinski definition) is 10. The van der Waals surface area contributed by atoms with Gasteiger partial charge < -0.3 is 4.74 Å². The van der Waals surface area contributed by atoms with E-state index in [0.717, 1.165) is 38.3 Å². The van der Waals surface area contributed by atoms with Crippen LogP contribution in [0.4, 0.5) is 11.4 Å². The molecule has 0 aromatic heterocycles. The average Bonchev–Trinajstić information content (AvgIpc) is 2.76. The van der Waals surface area contributed by atoms with Crippen LogP contribution in [-0.4, -0.2) is 51.8 Å². The van der Waals surface area contributed by atoms with E-state index in [2.05, 4.69) is 4.74 Å². The van der Waals surface area contributed by atoms with E-state index in [-0.39, 0.29) is 0 Å². The number of rotatable bonds is 10. The summed E-state index contributed by atoms with van der Waals surface area (Å²) in [6.07, 6.45) is 0. The standard InChI is InChI=1S/C17H18N4O10S2/c1-11(18-32(27,28)14-9-5-3-7-12(14)20(23)24)16(17(22)31-2)19-33(29,30)15-10-6-4-8-13(15)21(25)26/h3-11,16,18-19H,1-2H3/t11-,16-/m1/s1. The highest BCUT2D eigenvalue weighted by molar-refractivity contribution is 7.90. The predicted molar refractivity (Wildman–Crippen MR) is 112 cm³/mol. The Hall–Kier alpha value is -3.47. The van der Waals surface area contributed by atoms with Crippen molar-refractivity contribution in [2.45, 2.75) is 28.8 Å². The second-order valence-corrected chi connectivity index (χ2v) is 9.85. The molecule has 0 spiro atoms. The van der Waals surface area contributed by atoms with E-state index in [1.165, 1.54) is 24.3 Å². The Bertz CT molecular complexity index is 1290. The fourth-order valence-corrected chi connectivity index (χ4v) is 5.62.